The quantitative estimate of drug-likeness (QED) is 0.392. The molecule has 3 rings (SSSR count). The van der Waals surface area contributed by atoms with Crippen molar-refractivity contribution in [1.29, 1.82) is 0 Å². The Morgan fingerprint density at radius 1 is 1.00 bits per heavy atom. The van der Waals surface area contributed by atoms with E-state index in [0.717, 1.165) is 4.90 Å². The molecule has 0 unspecified atom stereocenters. The lowest BCUT2D eigenvalue weighted by molar-refractivity contribution is -0.132. The normalized spacial score (nSPS) is 16.9. The molecular formula is C17H10ClNO3S. The first-order valence-corrected chi connectivity index (χ1v) is 7.46. The number of carbonyl (C=O) groups excluding carboxylic acids is 2. The zero-order chi connectivity index (χ0) is 16.6. The topological polar surface area (TPSA) is 57.6 Å². The zero-order valence-electron chi connectivity index (χ0n) is 11.7. The lowest BCUT2D eigenvalue weighted by Crippen LogP contribution is -2.29. The van der Waals surface area contributed by atoms with Crippen LogP contribution in [0.3, 0.4) is 0 Å². The number of aliphatic hydroxyl groups is 1. The number of thiocarbonyl (C=S) groups is 1. The molecule has 0 saturated carbocycles. The second-order valence-electron chi connectivity index (χ2n) is 4.84. The van der Waals surface area contributed by atoms with Crippen molar-refractivity contribution in [2.45, 2.75) is 0 Å². The van der Waals surface area contributed by atoms with E-state index in [9.17, 15) is 14.7 Å². The predicted molar refractivity (Wildman–Crippen MR) is 92.5 cm³/mol. The standard InChI is InChI=1S/C17H10ClNO3S/c18-11-6-8-12(9-7-11)19-16(22)15(21)13(17(19)23)14(20)10-4-2-1-3-5-10/h1-9,20H/b14-13-. The molecule has 114 valence electrons. The third kappa shape index (κ3) is 2.65. The number of halogens is 1. The van der Waals surface area contributed by atoms with Gasteiger partial charge in [-0.2, -0.15) is 0 Å². The van der Waals surface area contributed by atoms with Crippen LogP contribution in [0.5, 0.6) is 0 Å². The Hall–Kier alpha value is -2.50. The van der Waals surface area contributed by atoms with Crippen molar-refractivity contribution in [2.24, 2.45) is 0 Å². The van der Waals surface area contributed by atoms with Crippen LogP contribution in [-0.4, -0.2) is 21.8 Å². The van der Waals surface area contributed by atoms with Crippen LogP contribution in [0.2, 0.25) is 5.02 Å². The van der Waals surface area contributed by atoms with Gasteiger partial charge in [-0.1, -0.05) is 54.2 Å². The summed E-state index contributed by atoms with van der Waals surface area (Å²) in [5, 5.41) is 10.9. The van der Waals surface area contributed by atoms with Gasteiger partial charge in [-0.25, -0.2) is 0 Å². The Morgan fingerprint density at radius 2 is 1.61 bits per heavy atom. The van der Waals surface area contributed by atoms with Gasteiger partial charge in [-0.3, -0.25) is 14.5 Å². The van der Waals surface area contributed by atoms with Gasteiger partial charge in [0.15, 0.2) is 0 Å². The molecule has 23 heavy (non-hydrogen) atoms. The van der Waals surface area contributed by atoms with Crippen molar-refractivity contribution in [2.75, 3.05) is 4.90 Å². The number of aliphatic hydroxyl groups excluding tert-OH is 1. The Labute approximate surface area is 142 Å². The van der Waals surface area contributed by atoms with Gasteiger partial charge < -0.3 is 5.11 Å². The minimum atomic E-state index is -0.827. The van der Waals surface area contributed by atoms with Crippen LogP contribution >= 0.6 is 23.8 Å². The van der Waals surface area contributed by atoms with Crippen LogP contribution in [0.1, 0.15) is 5.56 Å². The monoisotopic (exact) mass is 343 g/mol. The van der Waals surface area contributed by atoms with E-state index in [-0.39, 0.29) is 16.3 Å². The highest BCUT2D eigenvalue weighted by Gasteiger charge is 2.42. The number of Topliss-reactive ketones (excluding diaryl/α,β-unsaturated/α-hetero) is 1. The van der Waals surface area contributed by atoms with E-state index < -0.39 is 11.7 Å². The molecule has 1 aliphatic rings. The molecule has 1 aliphatic heterocycles. The third-order valence-electron chi connectivity index (χ3n) is 3.41. The van der Waals surface area contributed by atoms with Crippen LogP contribution in [0.25, 0.3) is 5.76 Å². The van der Waals surface area contributed by atoms with Gasteiger partial charge in [0.05, 0.1) is 5.69 Å². The van der Waals surface area contributed by atoms with Crippen molar-refractivity contribution in [3.8, 4) is 0 Å². The average molecular weight is 344 g/mol. The fourth-order valence-corrected chi connectivity index (χ4v) is 2.79. The third-order valence-corrected chi connectivity index (χ3v) is 4.05. The van der Waals surface area contributed by atoms with Crippen LogP contribution in [0, 0.1) is 0 Å². The van der Waals surface area contributed by atoms with Crippen molar-refractivity contribution in [3.05, 3.63) is 70.8 Å². The van der Waals surface area contributed by atoms with E-state index in [0.29, 0.717) is 16.3 Å². The summed E-state index contributed by atoms with van der Waals surface area (Å²) in [6.07, 6.45) is 0. The summed E-state index contributed by atoms with van der Waals surface area (Å²) < 4.78 is 0. The van der Waals surface area contributed by atoms with Gasteiger partial charge in [0, 0.05) is 10.6 Å². The van der Waals surface area contributed by atoms with Gasteiger partial charge in [0.2, 0.25) is 0 Å². The molecule has 0 aliphatic carbocycles. The summed E-state index contributed by atoms with van der Waals surface area (Å²) >= 11 is 11.1. The van der Waals surface area contributed by atoms with Crippen LogP contribution < -0.4 is 4.90 Å². The summed E-state index contributed by atoms with van der Waals surface area (Å²) in [6, 6.07) is 14.8. The van der Waals surface area contributed by atoms with Gasteiger partial charge in [0.1, 0.15) is 16.3 Å². The summed E-state index contributed by atoms with van der Waals surface area (Å²) in [4.78, 5) is 25.6. The number of ketones is 1. The Morgan fingerprint density at radius 3 is 2.22 bits per heavy atom. The summed E-state index contributed by atoms with van der Waals surface area (Å²) in [5.74, 6) is -1.92. The van der Waals surface area contributed by atoms with Gasteiger partial charge in [-0.05, 0) is 24.3 Å². The Kier molecular flexibility index (Phi) is 3.98. The Balaban J connectivity index is 2.09. The van der Waals surface area contributed by atoms with Crippen molar-refractivity contribution in [3.63, 3.8) is 0 Å². The van der Waals surface area contributed by atoms with Gasteiger partial charge in [0.25, 0.3) is 5.78 Å². The molecule has 0 spiro atoms. The summed E-state index contributed by atoms with van der Waals surface area (Å²) in [6.45, 7) is 0. The number of anilines is 1. The molecule has 0 radical (unpaired) electrons. The molecule has 1 saturated heterocycles. The van der Waals surface area contributed by atoms with Crippen LogP contribution in [0.15, 0.2) is 60.2 Å². The molecule has 4 nitrogen and oxygen atoms in total. The number of rotatable bonds is 2. The number of hydrogen-bond acceptors (Lipinski definition) is 4. The van der Waals surface area contributed by atoms with Crippen molar-refractivity contribution in [1.82, 2.24) is 0 Å². The largest absolute Gasteiger partial charge is 0.506 e. The average Bonchev–Trinajstić information content (AvgIpc) is 2.78. The number of amides is 1. The van der Waals surface area contributed by atoms with Crippen molar-refractivity contribution >= 4 is 51.9 Å². The van der Waals surface area contributed by atoms with E-state index in [1.807, 2.05) is 0 Å². The summed E-state index contributed by atoms with van der Waals surface area (Å²) in [7, 11) is 0. The molecular weight excluding hydrogens is 334 g/mol. The first-order chi connectivity index (χ1) is 11.0. The highest BCUT2D eigenvalue weighted by atomic mass is 35.5. The predicted octanol–water partition coefficient (Wildman–Crippen LogP) is 3.55. The maximum Gasteiger partial charge on any atom is 0.304 e. The molecule has 0 bridgehead atoms. The molecule has 1 amide bonds. The second-order valence-corrected chi connectivity index (χ2v) is 5.66. The van der Waals surface area contributed by atoms with Gasteiger partial charge >= 0.3 is 5.91 Å². The van der Waals surface area contributed by atoms with E-state index in [4.69, 9.17) is 23.8 Å². The first-order valence-electron chi connectivity index (χ1n) is 6.68. The molecule has 2 aromatic rings. The summed E-state index contributed by atoms with van der Waals surface area (Å²) in [5.41, 5.74) is 0.684. The molecule has 1 N–H and O–H groups in total. The van der Waals surface area contributed by atoms with E-state index in [1.54, 1.807) is 54.6 Å². The molecule has 2 aromatic carbocycles. The molecule has 0 aromatic heterocycles. The fraction of sp³-hybridized carbons (Fsp3) is 0. The maximum atomic E-state index is 12.3. The molecule has 1 heterocycles. The number of benzene rings is 2. The van der Waals surface area contributed by atoms with E-state index in [2.05, 4.69) is 0 Å². The van der Waals surface area contributed by atoms with E-state index in [1.165, 1.54) is 0 Å². The lowest BCUT2D eigenvalue weighted by atomic mass is 10.1. The van der Waals surface area contributed by atoms with Gasteiger partial charge in [-0.15, -0.1) is 0 Å². The van der Waals surface area contributed by atoms with Crippen molar-refractivity contribution < 1.29 is 14.7 Å². The smallest absolute Gasteiger partial charge is 0.304 e. The SMILES string of the molecule is O=C1C(=O)N(c2ccc(Cl)cc2)C(=S)/C1=C(\O)c1ccccc1. The number of nitrogens with zero attached hydrogens (tertiary/aromatic N) is 1. The highest BCUT2D eigenvalue weighted by molar-refractivity contribution is 7.81. The van der Waals surface area contributed by atoms with E-state index >= 15 is 0 Å². The fourth-order valence-electron chi connectivity index (χ4n) is 2.28. The Bertz CT molecular complexity index is 844. The molecule has 1 fully saturated rings. The first kappa shape index (κ1) is 15.4. The highest BCUT2D eigenvalue weighted by Crippen LogP contribution is 2.30. The maximum absolute atomic E-state index is 12.3. The molecule has 0 atom stereocenters. The lowest BCUT2D eigenvalue weighted by Gasteiger charge is -2.14. The molecule has 6 heteroatoms. The minimum absolute atomic E-state index is 0.0244. The minimum Gasteiger partial charge on any atom is -0.506 e. The zero-order valence-corrected chi connectivity index (χ0v) is 13.3. The number of hydrogen-bond donors (Lipinski definition) is 1. The van der Waals surface area contributed by atoms with Crippen LogP contribution in [0.4, 0.5) is 5.69 Å². The second kappa shape index (κ2) is 5.95. The van der Waals surface area contributed by atoms with Crippen LogP contribution in [-0.2, 0) is 9.59 Å². The number of carbonyl (C=O) groups is 2.